The van der Waals surface area contributed by atoms with Gasteiger partial charge in [-0.2, -0.15) is 18.3 Å². The normalized spacial score (nSPS) is 19.7. The number of nitrogens with one attached hydrogen (secondary N) is 1. The van der Waals surface area contributed by atoms with Crippen molar-refractivity contribution in [3.63, 3.8) is 0 Å². The molecule has 0 saturated carbocycles. The Bertz CT molecular complexity index is 545. The zero-order valence-corrected chi connectivity index (χ0v) is 13.8. The Morgan fingerprint density at radius 1 is 1.50 bits per heavy atom. The van der Waals surface area contributed by atoms with E-state index in [4.69, 9.17) is 4.74 Å². The third-order valence-corrected chi connectivity index (χ3v) is 3.61. The zero-order valence-electron chi connectivity index (χ0n) is 13.8. The van der Waals surface area contributed by atoms with Crippen LogP contribution in [0.1, 0.15) is 19.5 Å². The number of ether oxygens (including phenoxy) is 1. The minimum atomic E-state index is -4.50. The largest absolute Gasteiger partial charge is 0.435 e. The van der Waals surface area contributed by atoms with Gasteiger partial charge in [0.2, 0.25) is 5.91 Å². The smallest absolute Gasteiger partial charge is 0.374 e. The van der Waals surface area contributed by atoms with Crippen LogP contribution >= 0.6 is 0 Å². The molecule has 9 heteroatoms. The second kappa shape index (κ2) is 7.98. The fourth-order valence-electron chi connectivity index (χ4n) is 2.62. The van der Waals surface area contributed by atoms with Crippen molar-refractivity contribution < 1.29 is 22.7 Å². The fourth-order valence-corrected chi connectivity index (χ4v) is 2.62. The van der Waals surface area contributed by atoms with Crippen molar-refractivity contribution in [2.75, 3.05) is 32.8 Å². The number of amides is 1. The standard InChI is InChI=1S/C15H23F3N4O2/c1-11(2)8-21-5-6-24-12(9-21)7-19-14(23)10-22-4-3-13(20-22)15(16,17)18/h3-4,11-12H,5-10H2,1-2H3,(H,19,23)/t12-/m0/s1. The number of nitrogens with zero attached hydrogens (tertiary/aromatic N) is 3. The molecule has 1 aromatic rings. The molecule has 1 aliphatic rings. The number of aromatic nitrogens is 2. The van der Waals surface area contributed by atoms with E-state index in [-0.39, 0.29) is 12.6 Å². The second-order valence-electron chi connectivity index (χ2n) is 6.35. The minimum Gasteiger partial charge on any atom is -0.374 e. The van der Waals surface area contributed by atoms with Crippen LogP contribution in [-0.2, 0) is 22.3 Å². The molecule has 1 saturated heterocycles. The van der Waals surface area contributed by atoms with Gasteiger partial charge in [-0.3, -0.25) is 14.4 Å². The van der Waals surface area contributed by atoms with E-state index in [2.05, 4.69) is 29.2 Å². The van der Waals surface area contributed by atoms with Crippen LogP contribution in [0.3, 0.4) is 0 Å². The monoisotopic (exact) mass is 348 g/mol. The molecular formula is C15H23F3N4O2. The maximum atomic E-state index is 12.5. The fraction of sp³-hybridized carbons (Fsp3) is 0.733. The number of halogens is 3. The molecule has 24 heavy (non-hydrogen) atoms. The summed E-state index contributed by atoms with van der Waals surface area (Å²) in [5.41, 5.74) is -1.00. The van der Waals surface area contributed by atoms with Gasteiger partial charge in [-0.05, 0) is 12.0 Å². The second-order valence-corrected chi connectivity index (χ2v) is 6.35. The molecule has 136 valence electrons. The highest BCUT2D eigenvalue weighted by atomic mass is 19.4. The van der Waals surface area contributed by atoms with Crippen LogP contribution in [0, 0.1) is 5.92 Å². The Morgan fingerprint density at radius 2 is 2.25 bits per heavy atom. The topological polar surface area (TPSA) is 59.4 Å². The van der Waals surface area contributed by atoms with E-state index in [9.17, 15) is 18.0 Å². The van der Waals surface area contributed by atoms with Crippen LogP contribution in [0.2, 0.25) is 0 Å². The Hall–Kier alpha value is -1.61. The maximum absolute atomic E-state index is 12.5. The van der Waals surface area contributed by atoms with Crippen LogP contribution in [0.4, 0.5) is 13.2 Å². The lowest BCUT2D eigenvalue weighted by Gasteiger charge is -2.33. The maximum Gasteiger partial charge on any atom is 0.435 e. The molecule has 0 bridgehead atoms. The summed E-state index contributed by atoms with van der Waals surface area (Å²) in [5.74, 6) is 0.164. The summed E-state index contributed by atoms with van der Waals surface area (Å²) >= 11 is 0. The van der Waals surface area contributed by atoms with E-state index >= 15 is 0 Å². The SMILES string of the molecule is CC(C)CN1CCO[C@@H](CNC(=O)Cn2ccc(C(F)(F)F)n2)C1. The van der Waals surface area contributed by atoms with Gasteiger partial charge in [0.05, 0.1) is 12.7 Å². The van der Waals surface area contributed by atoms with E-state index in [0.717, 1.165) is 36.6 Å². The van der Waals surface area contributed by atoms with Crippen molar-refractivity contribution >= 4 is 5.91 Å². The predicted octanol–water partition coefficient (Wildman–Crippen LogP) is 1.37. The molecule has 1 aromatic heterocycles. The molecule has 2 rings (SSSR count). The molecule has 0 radical (unpaired) electrons. The van der Waals surface area contributed by atoms with E-state index in [0.29, 0.717) is 19.1 Å². The number of hydrogen-bond acceptors (Lipinski definition) is 4. The number of carbonyl (C=O) groups is 1. The van der Waals surface area contributed by atoms with Crippen molar-refractivity contribution in [2.45, 2.75) is 32.7 Å². The lowest BCUT2D eigenvalue weighted by atomic mass is 10.2. The van der Waals surface area contributed by atoms with E-state index in [1.807, 2.05) is 0 Å². The predicted molar refractivity (Wildman–Crippen MR) is 81.3 cm³/mol. The van der Waals surface area contributed by atoms with Crippen molar-refractivity contribution in [1.29, 1.82) is 0 Å². The van der Waals surface area contributed by atoms with E-state index in [1.165, 1.54) is 0 Å². The first-order chi connectivity index (χ1) is 11.2. The van der Waals surface area contributed by atoms with Gasteiger partial charge in [0, 0.05) is 32.4 Å². The molecule has 2 heterocycles. The summed E-state index contributed by atoms with van der Waals surface area (Å²) in [6, 6.07) is 0.849. The van der Waals surface area contributed by atoms with Gasteiger partial charge in [0.15, 0.2) is 5.69 Å². The molecule has 0 aliphatic carbocycles. The van der Waals surface area contributed by atoms with Gasteiger partial charge < -0.3 is 10.1 Å². The summed E-state index contributed by atoms with van der Waals surface area (Å²) in [7, 11) is 0. The highest BCUT2D eigenvalue weighted by Crippen LogP contribution is 2.27. The lowest BCUT2D eigenvalue weighted by Crippen LogP contribution is -2.48. The number of carbonyl (C=O) groups excluding carboxylic acids is 1. The first-order valence-electron chi connectivity index (χ1n) is 7.95. The van der Waals surface area contributed by atoms with Gasteiger partial charge in [-0.1, -0.05) is 13.8 Å². The molecule has 1 aliphatic heterocycles. The summed E-state index contributed by atoms with van der Waals surface area (Å²) in [6.07, 6.45) is -3.47. The van der Waals surface area contributed by atoms with Gasteiger partial charge in [-0.25, -0.2) is 0 Å². The zero-order chi connectivity index (χ0) is 17.7. The van der Waals surface area contributed by atoms with Crippen molar-refractivity contribution in [2.24, 2.45) is 5.92 Å². The third-order valence-electron chi connectivity index (χ3n) is 3.61. The van der Waals surface area contributed by atoms with Gasteiger partial charge in [0.1, 0.15) is 6.54 Å². The molecule has 0 spiro atoms. The highest BCUT2D eigenvalue weighted by Gasteiger charge is 2.33. The Kier molecular flexibility index (Phi) is 6.22. The quantitative estimate of drug-likeness (QED) is 0.844. The molecule has 0 unspecified atom stereocenters. The molecular weight excluding hydrogens is 325 g/mol. The van der Waals surface area contributed by atoms with Crippen LogP contribution in [-0.4, -0.2) is 59.5 Å². The van der Waals surface area contributed by atoms with Gasteiger partial charge >= 0.3 is 6.18 Å². The van der Waals surface area contributed by atoms with Gasteiger partial charge in [-0.15, -0.1) is 0 Å². The number of rotatable bonds is 6. The highest BCUT2D eigenvalue weighted by molar-refractivity contribution is 5.75. The average molecular weight is 348 g/mol. The first kappa shape index (κ1) is 18.7. The third kappa shape index (κ3) is 5.79. The summed E-state index contributed by atoms with van der Waals surface area (Å²) in [4.78, 5) is 14.1. The number of hydrogen-bond donors (Lipinski definition) is 1. The van der Waals surface area contributed by atoms with Crippen molar-refractivity contribution in [1.82, 2.24) is 20.0 Å². The molecule has 6 nitrogen and oxygen atoms in total. The summed E-state index contributed by atoms with van der Waals surface area (Å²) in [5, 5.41) is 6.04. The molecule has 1 fully saturated rings. The Morgan fingerprint density at radius 3 is 2.88 bits per heavy atom. The van der Waals surface area contributed by atoms with Gasteiger partial charge in [0.25, 0.3) is 0 Å². The van der Waals surface area contributed by atoms with E-state index in [1.54, 1.807) is 0 Å². The first-order valence-corrected chi connectivity index (χ1v) is 7.95. The molecule has 0 aromatic carbocycles. The van der Waals surface area contributed by atoms with Crippen LogP contribution in [0.15, 0.2) is 12.3 Å². The average Bonchev–Trinajstić information content (AvgIpc) is 2.93. The summed E-state index contributed by atoms with van der Waals surface area (Å²) < 4.78 is 44.0. The van der Waals surface area contributed by atoms with Crippen LogP contribution < -0.4 is 5.32 Å². The molecule has 1 N–H and O–H groups in total. The van der Waals surface area contributed by atoms with Crippen molar-refractivity contribution in [3.05, 3.63) is 18.0 Å². The number of morpholine rings is 1. The van der Waals surface area contributed by atoms with Crippen LogP contribution in [0.5, 0.6) is 0 Å². The Labute approximate surface area is 138 Å². The molecule has 1 amide bonds. The minimum absolute atomic E-state index is 0.107. The van der Waals surface area contributed by atoms with Crippen LogP contribution in [0.25, 0.3) is 0 Å². The summed E-state index contributed by atoms with van der Waals surface area (Å²) in [6.45, 7) is 7.56. The van der Waals surface area contributed by atoms with Crippen molar-refractivity contribution in [3.8, 4) is 0 Å². The Balaban J connectivity index is 1.75. The lowest BCUT2D eigenvalue weighted by molar-refractivity contribution is -0.141. The number of alkyl halides is 3. The van der Waals surface area contributed by atoms with E-state index < -0.39 is 17.8 Å². The molecule has 1 atom stereocenters.